The number of hydrogen-bond donors (Lipinski definition) is 1. The minimum absolute atomic E-state index is 0. The van der Waals surface area contributed by atoms with Crippen LogP contribution >= 0.6 is 12.4 Å². The lowest BCUT2D eigenvalue weighted by atomic mass is 10.2. The molecule has 0 aliphatic carbocycles. The Bertz CT molecular complexity index is 408. The van der Waals surface area contributed by atoms with Gasteiger partial charge in [0.15, 0.2) is 0 Å². The summed E-state index contributed by atoms with van der Waals surface area (Å²) in [5.74, 6) is -0.143. The minimum Gasteiger partial charge on any atom is -0.340 e. The van der Waals surface area contributed by atoms with E-state index in [1.165, 1.54) is 24.3 Å². The zero-order valence-electron chi connectivity index (χ0n) is 10.3. The Morgan fingerprint density at radius 1 is 1.39 bits per heavy atom. The predicted octanol–water partition coefficient (Wildman–Crippen LogP) is 1.31. The predicted molar refractivity (Wildman–Crippen MR) is 71.2 cm³/mol. The number of nitro benzene ring substituents is 1. The zero-order valence-corrected chi connectivity index (χ0v) is 11.1. The number of hydrogen-bond acceptors (Lipinski definition) is 4. The van der Waals surface area contributed by atoms with E-state index in [9.17, 15) is 14.9 Å². The fourth-order valence-electron chi connectivity index (χ4n) is 1.33. The standard InChI is InChI=1S/C11H15N3O3.ClH/c1-12-7-8-13(2)11(15)9-3-5-10(6-4-9)14(16)17;/h3-6,12H,7-8H2,1-2H3;1H. The molecule has 7 heteroatoms. The maximum atomic E-state index is 11.9. The van der Waals surface area contributed by atoms with E-state index >= 15 is 0 Å². The van der Waals surface area contributed by atoms with Gasteiger partial charge in [0.2, 0.25) is 0 Å². The van der Waals surface area contributed by atoms with Crippen LogP contribution in [0.25, 0.3) is 0 Å². The molecule has 1 N–H and O–H groups in total. The first-order valence-electron chi connectivity index (χ1n) is 5.20. The van der Waals surface area contributed by atoms with E-state index in [1.807, 2.05) is 7.05 Å². The fourth-order valence-corrected chi connectivity index (χ4v) is 1.33. The summed E-state index contributed by atoms with van der Waals surface area (Å²) in [5.41, 5.74) is 0.439. The molecule has 0 unspecified atom stereocenters. The van der Waals surface area contributed by atoms with Crippen LogP contribution in [-0.2, 0) is 0 Å². The molecule has 6 nitrogen and oxygen atoms in total. The summed E-state index contributed by atoms with van der Waals surface area (Å²) in [5, 5.41) is 13.4. The Morgan fingerprint density at radius 3 is 2.39 bits per heavy atom. The van der Waals surface area contributed by atoms with Crippen molar-refractivity contribution in [3.63, 3.8) is 0 Å². The Hall–Kier alpha value is -1.66. The molecule has 0 saturated carbocycles. The van der Waals surface area contributed by atoms with E-state index in [0.717, 1.165) is 0 Å². The third-order valence-electron chi connectivity index (χ3n) is 2.37. The molecule has 100 valence electrons. The molecule has 0 fully saturated rings. The molecular weight excluding hydrogens is 258 g/mol. The molecule has 0 saturated heterocycles. The summed E-state index contributed by atoms with van der Waals surface area (Å²) in [4.78, 5) is 23.4. The highest BCUT2D eigenvalue weighted by Crippen LogP contribution is 2.12. The van der Waals surface area contributed by atoms with Gasteiger partial charge in [0.1, 0.15) is 0 Å². The van der Waals surface area contributed by atoms with E-state index < -0.39 is 4.92 Å². The van der Waals surface area contributed by atoms with Gasteiger partial charge in [-0.15, -0.1) is 12.4 Å². The third-order valence-corrected chi connectivity index (χ3v) is 2.37. The van der Waals surface area contributed by atoms with E-state index in [-0.39, 0.29) is 24.0 Å². The van der Waals surface area contributed by atoms with Crippen molar-refractivity contribution >= 4 is 24.0 Å². The van der Waals surface area contributed by atoms with Crippen LogP contribution in [0.3, 0.4) is 0 Å². The topological polar surface area (TPSA) is 75.5 Å². The normalized spacial score (nSPS) is 9.44. The summed E-state index contributed by atoms with van der Waals surface area (Å²) >= 11 is 0. The summed E-state index contributed by atoms with van der Waals surface area (Å²) in [6, 6.07) is 5.60. The number of carbonyl (C=O) groups is 1. The van der Waals surface area contributed by atoms with Crippen LogP contribution in [0.2, 0.25) is 0 Å². The molecule has 1 amide bonds. The fraction of sp³-hybridized carbons (Fsp3) is 0.364. The third kappa shape index (κ3) is 4.31. The molecular formula is C11H16ClN3O3. The second kappa shape index (κ2) is 7.62. The number of nitro groups is 1. The van der Waals surface area contributed by atoms with Crippen molar-refractivity contribution in [2.75, 3.05) is 27.2 Å². The minimum atomic E-state index is -0.487. The molecule has 1 aromatic rings. The SMILES string of the molecule is CNCCN(C)C(=O)c1ccc([N+](=O)[O-])cc1.Cl. The Morgan fingerprint density at radius 2 is 1.94 bits per heavy atom. The molecule has 18 heavy (non-hydrogen) atoms. The van der Waals surface area contributed by atoms with Gasteiger partial charge in [-0.25, -0.2) is 0 Å². The van der Waals surface area contributed by atoms with Crippen molar-refractivity contribution in [3.05, 3.63) is 39.9 Å². The highest BCUT2D eigenvalue weighted by molar-refractivity contribution is 5.94. The summed E-state index contributed by atoms with van der Waals surface area (Å²) in [7, 11) is 3.51. The lowest BCUT2D eigenvalue weighted by Gasteiger charge is -2.16. The molecule has 1 aromatic carbocycles. The van der Waals surface area contributed by atoms with E-state index in [4.69, 9.17) is 0 Å². The molecule has 0 aliphatic heterocycles. The molecule has 1 rings (SSSR count). The highest BCUT2D eigenvalue weighted by Gasteiger charge is 2.12. The van der Waals surface area contributed by atoms with Gasteiger partial charge in [0.25, 0.3) is 11.6 Å². The monoisotopic (exact) mass is 273 g/mol. The molecule has 0 heterocycles. The number of benzene rings is 1. The van der Waals surface area contributed by atoms with Crippen LogP contribution in [0.1, 0.15) is 10.4 Å². The Labute approximate surface area is 112 Å². The van der Waals surface area contributed by atoms with E-state index in [2.05, 4.69) is 5.32 Å². The van der Waals surface area contributed by atoms with Gasteiger partial charge in [-0.05, 0) is 19.2 Å². The number of non-ortho nitro benzene ring substituents is 1. The van der Waals surface area contributed by atoms with Crippen molar-refractivity contribution in [1.29, 1.82) is 0 Å². The maximum absolute atomic E-state index is 11.9. The summed E-state index contributed by atoms with van der Waals surface area (Å²) in [6.45, 7) is 1.29. The first-order chi connectivity index (χ1) is 8.06. The van der Waals surface area contributed by atoms with Crippen molar-refractivity contribution in [2.45, 2.75) is 0 Å². The van der Waals surface area contributed by atoms with Crippen LogP contribution in [0.15, 0.2) is 24.3 Å². The van der Waals surface area contributed by atoms with Crippen LogP contribution in [0.4, 0.5) is 5.69 Å². The van der Waals surface area contributed by atoms with Crippen molar-refractivity contribution in [1.82, 2.24) is 10.2 Å². The van der Waals surface area contributed by atoms with Crippen molar-refractivity contribution in [2.24, 2.45) is 0 Å². The number of rotatable bonds is 5. The van der Waals surface area contributed by atoms with Gasteiger partial charge < -0.3 is 10.2 Å². The largest absolute Gasteiger partial charge is 0.340 e. The number of likely N-dealkylation sites (N-methyl/N-ethyl adjacent to an activating group) is 2. The molecule has 0 atom stereocenters. The molecule has 0 spiro atoms. The Balaban J connectivity index is 0.00000289. The number of amides is 1. The first kappa shape index (κ1) is 16.3. The van der Waals surface area contributed by atoms with Crippen LogP contribution in [-0.4, -0.2) is 42.9 Å². The van der Waals surface area contributed by atoms with E-state index in [0.29, 0.717) is 18.7 Å². The number of carbonyl (C=O) groups excluding carboxylic acids is 1. The maximum Gasteiger partial charge on any atom is 0.269 e. The average Bonchev–Trinajstić information content (AvgIpc) is 2.35. The quantitative estimate of drug-likeness (QED) is 0.648. The number of nitrogens with zero attached hydrogens (tertiary/aromatic N) is 2. The van der Waals surface area contributed by atoms with E-state index in [1.54, 1.807) is 11.9 Å². The highest BCUT2D eigenvalue weighted by atomic mass is 35.5. The smallest absolute Gasteiger partial charge is 0.269 e. The lowest BCUT2D eigenvalue weighted by Crippen LogP contribution is -2.32. The molecule has 0 radical (unpaired) electrons. The van der Waals surface area contributed by atoms with Crippen molar-refractivity contribution < 1.29 is 9.72 Å². The molecule has 0 aromatic heterocycles. The van der Waals surface area contributed by atoms with Crippen molar-refractivity contribution in [3.8, 4) is 0 Å². The lowest BCUT2D eigenvalue weighted by molar-refractivity contribution is -0.384. The van der Waals surface area contributed by atoms with Gasteiger partial charge in [0.05, 0.1) is 4.92 Å². The Kier molecular flexibility index (Phi) is 6.92. The number of halogens is 1. The molecule has 0 bridgehead atoms. The van der Waals surface area contributed by atoms with Crippen LogP contribution < -0.4 is 5.32 Å². The van der Waals surface area contributed by atoms with Crippen LogP contribution in [0, 0.1) is 10.1 Å². The second-order valence-electron chi connectivity index (χ2n) is 3.63. The first-order valence-corrected chi connectivity index (χ1v) is 5.20. The van der Waals surface area contributed by atoms with Gasteiger partial charge >= 0.3 is 0 Å². The average molecular weight is 274 g/mol. The second-order valence-corrected chi connectivity index (χ2v) is 3.63. The van der Waals surface area contributed by atoms with Gasteiger partial charge in [-0.3, -0.25) is 14.9 Å². The van der Waals surface area contributed by atoms with Gasteiger partial charge in [-0.1, -0.05) is 0 Å². The van der Waals surface area contributed by atoms with Crippen LogP contribution in [0.5, 0.6) is 0 Å². The van der Waals surface area contributed by atoms with Gasteiger partial charge in [-0.2, -0.15) is 0 Å². The van der Waals surface area contributed by atoms with Gasteiger partial charge in [0, 0.05) is 37.8 Å². The summed E-state index contributed by atoms with van der Waals surface area (Å²) < 4.78 is 0. The molecule has 0 aliphatic rings. The zero-order chi connectivity index (χ0) is 12.8. The number of nitrogens with one attached hydrogen (secondary N) is 1. The summed E-state index contributed by atoms with van der Waals surface area (Å²) in [6.07, 6.45) is 0.